The molecule has 23 heavy (non-hydrogen) atoms. The van der Waals surface area contributed by atoms with Crippen molar-refractivity contribution < 1.29 is 14.3 Å². The second-order valence-electron chi connectivity index (χ2n) is 6.19. The molecule has 0 aliphatic carbocycles. The van der Waals surface area contributed by atoms with Gasteiger partial charge >= 0.3 is 0 Å². The van der Waals surface area contributed by atoms with Crippen molar-refractivity contribution in [3.63, 3.8) is 0 Å². The van der Waals surface area contributed by atoms with Gasteiger partial charge in [-0.2, -0.15) is 0 Å². The van der Waals surface area contributed by atoms with Crippen molar-refractivity contribution in [1.82, 2.24) is 9.80 Å². The van der Waals surface area contributed by atoms with Crippen molar-refractivity contribution in [3.05, 3.63) is 47.5 Å². The monoisotopic (exact) mass is 314 g/mol. The van der Waals surface area contributed by atoms with E-state index >= 15 is 0 Å². The summed E-state index contributed by atoms with van der Waals surface area (Å²) in [5, 5.41) is 0. The van der Waals surface area contributed by atoms with E-state index in [-0.39, 0.29) is 24.5 Å². The van der Waals surface area contributed by atoms with Gasteiger partial charge in [0.2, 0.25) is 5.91 Å². The largest absolute Gasteiger partial charge is 0.356 e. The van der Waals surface area contributed by atoms with Crippen LogP contribution in [0.5, 0.6) is 0 Å². The van der Waals surface area contributed by atoms with Gasteiger partial charge < -0.3 is 14.5 Å². The van der Waals surface area contributed by atoms with Gasteiger partial charge in [-0.25, -0.2) is 0 Å². The molecule has 5 nitrogen and oxygen atoms in total. The van der Waals surface area contributed by atoms with E-state index in [0.717, 1.165) is 12.0 Å². The number of nitrogens with zero attached hydrogens (tertiary/aromatic N) is 2. The maximum Gasteiger partial charge on any atom is 0.254 e. The highest BCUT2D eigenvalue weighted by atomic mass is 16.5. The minimum Gasteiger partial charge on any atom is -0.356 e. The summed E-state index contributed by atoms with van der Waals surface area (Å²) in [6.45, 7) is 3.33. The third-order valence-corrected chi connectivity index (χ3v) is 4.51. The Bertz CT molecular complexity index is 626. The molecule has 0 radical (unpaired) electrons. The summed E-state index contributed by atoms with van der Waals surface area (Å²) in [6, 6.07) is 9.24. The highest BCUT2D eigenvalue weighted by Crippen LogP contribution is 2.30. The highest BCUT2D eigenvalue weighted by Gasteiger charge is 2.41. The van der Waals surface area contributed by atoms with Crippen molar-refractivity contribution in [2.75, 3.05) is 26.7 Å². The number of rotatable bonds is 2. The van der Waals surface area contributed by atoms with Gasteiger partial charge in [-0.05, 0) is 18.9 Å². The van der Waals surface area contributed by atoms with Crippen LogP contribution in [0.4, 0.5) is 0 Å². The van der Waals surface area contributed by atoms with Crippen molar-refractivity contribution in [1.29, 1.82) is 0 Å². The van der Waals surface area contributed by atoms with E-state index in [2.05, 4.69) is 6.08 Å². The Kier molecular flexibility index (Phi) is 4.48. The zero-order valence-electron chi connectivity index (χ0n) is 13.6. The quantitative estimate of drug-likeness (QED) is 0.782. The van der Waals surface area contributed by atoms with Crippen LogP contribution in [-0.4, -0.2) is 54.5 Å². The molecule has 122 valence electrons. The van der Waals surface area contributed by atoms with Crippen LogP contribution in [0.2, 0.25) is 0 Å². The fourth-order valence-electron chi connectivity index (χ4n) is 3.25. The maximum absolute atomic E-state index is 13.0. The number of carbonyl (C=O) groups is 2. The molecule has 0 unspecified atom stereocenters. The van der Waals surface area contributed by atoms with Crippen molar-refractivity contribution in [2.24, 2.45) is 0 Å². The Morgan fingerprint density at radius 3 is 2.70 bits per heavy atom. The molecule has 3 rings (SSSR count). The van der Waals surface area contributed by atoms with Crippen LogP contribution < -0.4 is 0 Å². The Morgan fingerprint density at radius 2 is 2.00 bits per heavy atom. The van der Waals surface area contributed by atoms with Crippen LogP contribution in [-0.2, 0) is 14.3 Å². The van der Waals surface area contributed by atoms with Crippen LogP contribution in [0, 0.1) is 0 Å². The average Bonchev–Trinajstić information content (AvgIpc) is 2.57. The molecule has 2 amide bonds. The molecule has 0 N–H and O–H groups in total. The second kappa shape index (κ2) is 6.54. The Labute approximate surface area is 136 Å². The smallest absolute Gasteiger partial charge is 0.254 e. The molecule has 2 aliphatic rings. The zero-order chi connectivity index (χ0) is 16.4. The lowest BCUT2D eigenvalue weighted by Crippen LogP contribution is -2.54. The van der Waals surface area contributed by atoms with E-state index < -0.39 is 6.10 Å². The Hall–Kier alpha value is -2.14. The summed E-state index contributed by atoms with van der Waals surface area (Å²) in [5.74, 6) is -0.136. The number of hydrogen-bond acceptors (Lipinski definition) is 3. The number of benzene rings is 1. The normalized spacial score (nSPS) is 25.3. The zero-order valence-corrected chi connectivity index (χ0v) is 13.6. The van der Waals surface area contributed by atoms with Gasteiger partial charge in [0.05, 0.1) is 6.04 Å². The molecule has 2 atom stereocenters. The topological polar surface area (TPSA) is 49.9 Å². The fourth-order valence-corrected chi connectivity index (χ4v) is 3.25. The number of hydrogen-bond donors (Lipinski definition) is 0. The standard InChI is InChI=1S/C18H22N2O3/c1-13-7-6-10-20(11-13)18(22)17-16(14-8-4-3-5-9-14)19(2)15(21)12-23-17/h3-5,7-9,16-17H,6,10-12H2,1-2H3/t16-,17+/m0/s1. The molecular formula is C18H22N2O3. The number of morpholine rings is 1. The van der Waals surface area contributed by atoms with E-state index in [9.17, 15) is 9.59 Å². The van der Waals surface area contributed by atoms with Gasteiger partial charge in [-0.3, -0.25) is 9.59 Å². The molecule has 1 saturated heterocycles. The van der Waals surface area contributed by atoms with Crippen molar-refractivity contribution in [2.45, 2.75) is 25.5 Å². The van der Waals surface area contributed by atoms with E-state index in [1.54, 1.807) is 11.9 Å². The highest BCUT2D eigenvalue weighted by molar-refractivity contribution is 5.86. The van der Waals surface area contributed by atoms with E-state index in [0.29, 0.717) is 13.1 Å². The number of amides is 2. The lowest BCUT2D eigenvalue weighted by molar-refractivity contribution is -0.167. The van der Waals surface area contributed by atoms with Gasteiger partial charge in [0, 0.05) is 20.1 Å². The third-order valence-electron chi connectivity index (χ3n) is 4.51. The first kappa shape index (κ1) is 15.7. The van der Waals surface area contributed by atoms with E-state index in [1.807, 2.05) is 42.2 Å². The molecule has 0 saturated carbocycles. The lowest BCUT2D eigenvalue weighted by atomic mass is 9.96. The van der Waals surface area contributed by atoms with Crippen LogP contribution >= 0.6 is 0 Å². The third kappa shape index (κ3) is 3.15. The molecule has 0 spiro atoms. The molecule has 2 heterocycles. The first-order valence-corrected chi connectivity index (χ1v) is 7.94. The van der Waals surface area contributed by atoms with E-state index in [1.165, 1.54) is 5.57 Å². The van der Waals surface area contributed by atoms with Gasteiger partial charge in [0.1, 0.15) is 6.61 Å². The van der Waals surface area contributed by atoms with Gasteiger partial charge in [-0.15, -0.1) is 0 Å². The minimum atomic E-state index is -0.647. The summed E-state index contributed by atoms with van der Waals surface area (Å²) < 4.78 is 5.68. The predicted octanol–water partition coefficient (Wildman–Crippen LogP) is 1.76. The van der Waals surface area contributed by atoms with Crippen LogP contribution in [0.1, 0.15) is 24.9 Å². The second-order valence-corrected chi connectivity index (χ2v) is 6.19. The number of carbonyl (C=O) groups excluding carboxylic acids is 2. The fraction of sp³-hybridized carbons (Fsp3) is 0.444. The van der Waals surface area contributed by atoms with Crippen molar-refractivity contribution >= 4 is 11.8 Å². The summed E-state index contributed by atoms with van der Waals surface area (Å²) in [4.78, 5) is 28.5. The van der Waals surface area contributed by atoms with Gasteiger partial charge in [-0.1, -0.05) is 42.0 Å². The molecule has 5 heteroatoms. The van der Waals surface area contributed by atoms with Crippen LogP contribution in [0.25, 0.3) is 0 Å². The van der Waals surface area contributed by atoms with Crippen molar-refractivity contribution in [3.8, 4) is 0 Å². The summed E-state index contributed by atoms with van der Waals surface area (Å²) in [5.41, 5.74) is 2.12. The Balaban J connectivity index is 1.87. The molecular weight excluding hydrogens is 292 g/mol. The summed E-state index contributed by atoms with van der Waals surface area (Å²) in [6.07, 6.45) is 2.39. The Morgan fingerprint density at radius 1 is 1.26 bits per heavy atom. The molecule has 1 aromatic carbocycles. The minimum absolute atomic E-state index is 0.0364. The average molecular weight is 314 g/mol. The first-order valence-electron chi connectivity index (χ1n) is 7.94. The molecule has 0 aromatic heterocycles. The molecule has 1 aromatic rings. The SMILES string of the molecule is CC1=CCCN(C(=O)[C@@H]2OCC(=O)N(C)[C@H]2c2ccccc2)C1. The summed E-state index contributed by atoms with van der Waals surface area (Å²) in [7, 11) is 1.74. The maximum atomic E-state index is 13.0. The predicted molar refractivity (Wildman–Crippen MR) is 86.6 cm³/mol. The van der Waals surface area contributed by atoms with Gasteiger partial charge in [0.15, 0.2) is 6.10 Å². The summed E-state index contributed by atoms with van der Waals surface area (Å²) >= 11 is 0. The van der Waals surface area contributed by atoms with Crippen LogP contribution in [0.15, 0.2) is 42.0 Å². The van der Waals surface area contributed by atoms with E-state index in [4.69, 9.17) is 4.74 Å². The van der Waals surface area contributed by atoms with Gasteiger partial charge in [0.25, 0.3) is 5.91 Å². The lowest BCUT2D eigenvalue weighted by Gasteiger charge is -2.40. The molecule has 0 bridgehead atoms. The molecule has 2 aliphatic heterocycles. The number of ether oxygens (including phenoxy) is 1. The first-order chi connectivity index (χ1) is 11.1. The number of likely N-dealkylation sites (N-methyl/N-ethyl adjacent to an activating group) is 1. The van der Waals surface area contributed by atoms with Crippen LogP contribution in [0.3, 0.4) is 0 Å². The molecule has 1 fully saturated rings.